The summed E-state index contributed by atoms with van der Waals surface area (Å²) < 4.78 is 0. The van der Waals surface area contributed by atoms with Crippen molar-refractivity contribution in [3.8, 4) is 0 Å². The Balaban J connectivity index is 2.76. The maximum absolute atomic E-state index is 11.1. The molecule has 0 atom stereocenters. The van der Waals surface area contributed by atoms with Crippen molar-refractivity contribution in [3.63, 3.8) is 0 Å². The molecule has 0 fully saturated rings. The number of hydrogen-bond donors (Lipinski definition) is 0. The molecule has 11 heavy (non-hydrogen) atoms. The highest BCUT2D eigenvalue weighted by Crippen LogP contribution is 2.04. The second-order valence-electron chi connectivity index (χ2n) is 2.85. The number of allylic oxidation sites excluding steroid dienone is 1. The molecule has 0 aromatic heterocycles. The quantitative estimate of drug-likeness (QED) is 0.505. The topological polar surface area (TPSA) is 37.4 Å². The summed E-state index contributed by atoms with van der Waals surface area (Å²) in [4.78, 5) is 23.4. The average Bonchev–Trinajstić information content (AvgIpc) is 1.85. The van der Waals surface area contributed by atoms with Crippen LogP contribution in [-0.4, -0.2) is 29.7 Å². The van der Waals surface area contributed by atoms with Crippen LogP contribution < -0.4 is 0 Å². The first-order valence-corrected chi connectivity index (χ1v) is 3.63. The lowest BCUT2D eigenvalue weighted by Gasteiger charge is -2.24. The van der Waals surface area contributed by atoms with Crippen LogP contribution in [0.4, 0.5) is 4.79 Å². The molecule has 0 spiro atoms. The maximum atomic E-state index is 11.1. The lowest BCUT2D eigenvalue weighted by molar-refractivity contribution is -0.108. The first kappa shape index (κ1) is 8.05. The minimum Gasteiger partial charge on any atom is -0.325 e. The van der Waals surface area contributed by atoms with Crippen LogP contribution in [0.15, 0.2) is 12.3 Å². The van der Waals surface area contributed by atoms with E-state index in [1.807, 2.05) is 13.8 Å². The summed E-state index contributed by atoms with van der Waals surface area (Å²) in [6, 6.07) is 0.145. The third-order valence-corrected chi connectivity index (χ3v) is 1.59. The molecule has 58 valence electrons. The Hall–Kier alpha value is -1.06. The number of carbonyl (C=O) groups is 2. The van der Waals surface area contributed by atoms with E-state index in [2.05, 4.69) is 0 Å². The van der Waals surface area contributed by atoms with Crippen molar-refractivity contribution >= 4 is 18.8 Å². The predicted molar refractivity (Wildman–Crippen MR) is 43.7 cm³/mol. The van der Waals surface area contributed by atoms with Gasteiger partial charge in [0, 0.05) is 12.2 Å². The van der Waals surface area contributed by atoms with E-state index in [0.717, 1.165) is 0 Å². The number of hydrogen-bond acceptors (Lipinski definition) is 2. The van der Waals surface area contributed by atoms with Crippen molar-refractivity contribution in [2.75, 3.05) is 0 Å². The normalized spacial score (nSPS) is 17.5. The van der Waals surface area contributed by atoms with Crippen LogP contribution in [0.25, 0.3) is 0 Å². The van der Waals surface area contributed by atoms with E-state index in [1.54, 1.807) is 11.1 Å². The Kier molecular flexibility index (Phi) is 2.12. The molecule has 3 nitrogen and oxygen atoms in total. The fourth-order valence-corrected chi connectivity index (χ4v) is 1.01. The third-order valence-electron chi connectivity index (χ3n) is 1.59. The van der Waals surface area contributed by atoms with Gasteiger partial charge in [0.1, 0.15) is 5.68 Å². The van der Waals surface area contributed by atoms with Crippen LogP contribution in [0, 0.1) is 0 Å². The monoisotopic (exact) mass is 151 g/mol. The molecular weight excluding hydrogens is 141 g/mol. The molecule has 1 rings (SSSR count). The number of nitrogens with zero attached hydrogens (tertiary/aromatic N) is 1. The summed E-state index contributed by atoms with van der Waals surface area (Å²) in [6.07, 6.45) is 3.00. The van der Waals surface area contributed by atoms with Crippen LogP contribution >= 0.6 is 0 Å². The molecule has 0 aromatic rings. The summed E-state index contributed by atoms with van der Waals surface area (Å²) in [5, 5.41) is 0. The Labute approximate surface area is 66.3 Å². The molecule has 0 saturated carbocycles. The SMILES string of the molecule is CC(C)N1C=CC(=O)BC1=O. The van der Waals surface area contributed by atoms with Crippen LogP contribution in [0.2, 0.25) is 0 Å². The van der Waals surface area contributed by atoms with Gasteiger partial charge in [0.15, 0.2) is 5.81 Å². The molecule has 0 radical (unpaired) electrons. The van der Waals surface area contributed by atoms with Gasteiger partial charge in [0.25, 0.3) is 0 Å². The zero-order valence-corrected chi connectivity index (χ0v) is 6.70. The summed E-state index contributed by atoms with van der Waals surface area (Å²) in [6.45, 7) is 3.83. The number of rotatable bonds is 1. The molecule has 0 N–H and O–H groups in total. The fourth-order valence-electron chi connectivity index (χ4n) is 1.01. The van der Waals surface area contributed by atoms with Gasteiger partial charge in [0.2, 0.25) is 0 Å². The van der Waals surface area contributed by atoms with Crippen molar-refractivity contribution in [1.29, 1.82) is 0 Å². The van der Waals surface area contributed by atoms with Gasteiger partial charge < -0.3 is 9.69 Å². The highest BCUT2D eigenvalue weighted by atomic mass is 16.2. The van der Waals surface area contributed by atoms with Crippen LogP contribution in [0.5, 0.6) is 0 Å². The van der Waals surface area contributed by atoms with Gasteiger partial charge in [-0.2, -0.15) is 0 Å². The smallest absolute Gasteiger partial charge is 0.319 e. The predicted octanol–water partition coefficient (Wildman–Crippen LogP) is 0.307. The minimum atomic E-state index is -0.105. The third kappa shape index (κ3) is 1.70. The van der Waals surface area contributed by atoms with Gasteiger partial charge in [-0.1, -0.05) is 0 Å². The summed E-state index contributed by atoms with van der Waals surface area (Å²) in [5.74, 6) is -0.104. The van der Waals surface area contributed by atoms with E-state index in [4.69, 9.17) is 0 Å². The zero-order valence-electron chi connectivity index (χ0n) is 6.70. The molecule has 0 saturated heterocycles. The van der Waals surface area contributed by atoms with Crippen LogP contribution in [0.3, 0.4) is 0 Å². The van der Waals surface area contributed by atoms with Gasteiger partial charge in [-0.05, 0) is 19.9 Å². The Morgan fingerprint density at radius 1 is 1.45 bits per heavy atom. The average molecular weight is 151 g/mol. The molecule has 1 aliphatic heterocycles. The molecule has 1 amide bonds. The molecular formula is C7H10BNO2. The largest absolute Gasteiger partial charge is 0.325 e. The molecule has 4 heteroatoms. The van der Waals surface area contributed by atoms with Gasteiger partial charge in [0.05, 0.1) is 0 Å². The summed E-state index contributed by atoms with van der Waals surface area (Å²) in [5.41, 5.74) is -0.105. The van der Waals surface area contributed by atoms with Gasteiger partial charge in [-0.15, -0.1) is 0 Å². The second-order valence-corrected chi connectivity index (χ2v) is 2.85. The first-order chi connectivity index (χ1) is 5.11. The van der Waals surface area contributed by atoms with Crippen molar-refractivity contribution in [2.24, 2.45) is 0 Å². The molecule has 0 unspecified atom stereocenters. The summed E-state index contributed by atoms with van der Waals surface area (Å²) >= 11 is 0. The fraction of sp³-hybridized carbons (Fsp3) is 0.429. The van der Waals surface area contributed by atoms with Crippen LogP contribution in [-0.2, 0) is 4.79 Å². The van der Waals surface area contributed by atoms with Crippen molar-refractivity contribution in [2.45, 2.75) is 19.9 Å². The Morgan fingerprint density at radius 3 is 2.55 bits per heavy atom. The first-order valence-electron chi connectivity index (χ1n) is 3.63. The summed E-state index contributed by atoms with van der Waals surface area (Å²) in [7, 11) is 0.0225. The van der Waals surface area contributed by atoms with Crippen LogP contribution in [0.1, 0.15) is 13.8 Å². The van der Waals surface area contributed by atoms with Crippen molar-refractivity contribution in [1.82, 2.24) is 4.90 Å². The van der Waals surface area contributed by atoms with E-state index in [9.17, 15) is 9.59 Å². The van der Waals surface area contributed by atoms with E-state index in [0.29, 0.717) is 0 Å². The standard InChI is InChI=1S/C7H10BNO2/c1-5(2)9-4-3-6(10)8-7(9)11/h3-5,8H,1-2H3. The molecule has 1 heterocycles. The number of carbonyl (C=O) groups excluding carboxylic acids is 2. The van der Waals surface area contributed by atoms with E-state index in [1.165, 1.54) is 6.08 Å². The molecule has 0 bridgehead atoms. The van der Waals surface area contributed by atoms with E-state index in [-0.39, 0.29) is 24.8 Å². The minimum absolute atomic E-state index is 0.0225. The highest BCUT2D eigenvalue weighted by Gasteiger charge is 2.22. The van der Waals surface area contributed by atoms with E-state index < -0.39 is 0 Å². The van der Waals surface area contributed by atoms with Crippen molar-refractivity contribution < 1.29 is 9.59 Å². The molecule has 0 aromatic carbocycles. The van der Waals surface area contributed by atoms with Gasteiger partial charge >= 0.3 is 7.28 Å². The van der Waals surface area contributed by atoms with Gasteiger partial charge in [-0.25, -0.2) is 0 Å². The van der Waals surface area contributed by atoms with Gasteiger partial charge in [-0.3, -0.25) is 4.79 Å². The van der Waals surface area contributed by atoms with Crippen molar-refractivity contribution in [3.05, 3.63) is 12.3 Å². The molecule has 1 aliphatic rings. The Bertz CT molecular complexity index is 222. The Morgan fingerprint density at radius 2 is 2.09 bits per heavy atom. The number of amides is 1. The zero-order chi connectivity index (χ0) is 8.43. The van der Waals surface area contributed by atoms with E-state index >= 15 is 0 Å². The lowest BCUT2D eigenvalue weighted by Crippen LogP contribution is -2.40. The molecule has 0 aliphatic carbocycles. The second kappa shape index (κ2) is 2.90. The lowest BCUT2D eigenvalue weighted by atomic mass is 9.69. The highest BCUT2D eigenvalue weighted by molar-refractivity contribution is 6.98. The maximum Gasteiger partial charge on any atom is 0.319 e.